The van der Waals surface area contributed by atoms with Gasteiger partial charge in [0, 0.05) is 25.9 Å². The SMILES string of the molecule is O=C(Nc1ccccc1F)N1CCC(Oc2nc3c(F)cccc3s2)CC1. The Labute approximate surface area is 158 Å². The Kier molecular flexibility index (Phi) is 4.89. The number of fused-ring (bicyclic) bond motifs is 1. The number of amides is 2. The van der Waals surface area contributed by atoms with Crippen molar-refractivity contribution in [2.24, 2.45) is 0 Å². The number of halogens is 2. The summed E-state index contributed by atoms with van der Waals surface area (Å²) in [6.07, 6.45) is 1.16. The first kappa shape index (κ1) is 17.7. The number of piperidine rings is 1. The molecule has 0 aliphatic carbocycles. The Bertz CT molecular complexity index is 970. The Morgan fingerprint density at radius 1 is 1.11 bits per heavy atom. The molecule has 1 aliphatic rings. The van der Waals surface area contributed by atoms with Crippen molar-refractivity contribution in [3.63, 3.8) is 0 Å². The molecule has 0 bridgehead atoms. The van der Waals surface area contributed by atoms with Crippen LogP contribution in [0.4, 0.5) is 19.3 Å². The van der Waals surface area contributed by atoms with Gasteiger partial charge in [0.25, 0.3) is 5.19 Å². The highest BCUT2D eigenvalue weighted by Crippen LogP contribution is 2.31. The molecule has 27 heavy (non-hydrogen) atoms. The number of carbonyl (C=O) groups is 1. The van der Waals surface area contributed by atoms with Gasteiger partial charge >= 0.3 is 6.03 Å². The maximum Gasteiger partial charge on any atom is 0.321 e. The highest BCUT2D eigenvalue weighted by Gasteiger charge is 2.25. The van der Waals surface area contributed by atoms with Gasteiger partial charge in [-0.25, -0.2) is 13.6 Å². The molecule has 140 valence electrons. The van der Waals surface area contributed by atoms with Crippen LogP contribution in [0, 0.1) is 11.6 Å². The quantitative estimate of drug-likeness (QED) is 0.709. The fourth-order valence-corrected chi connectivity index (χ4v) is 3.92. The summed E-state index contributed by atoms with van der Waals surface area (Å²) in [7, 11) is 0. The first-order valence-corrected chi connectivity index (χ1v) is 9.44. The van der Waals surface area contributed by atoms with Crippen LogP contribution in [-0.4, -0.2) is 35.1 Å². The number of benzene rings is 2. The van der Waals surface area contributed by atoms with Gasteiger partial charge in [0.1, 0.15) is 23.3 Å². The van der Waals surface area contributed by atoms with Gasteiger partial charge in [-0.05, 0) is 24.3 Å². The van der Waals surface area contributed by atoms with Gasteiger partial charge in [-0.2, -0.15) is 4.98 Å². The summed E-state index contributed by atoms with van der Waals surface area (Å²) in [4.78, 5) is 18.1. The number of likely N-dealkylation sites (tertiary alicyclic amines) is 1. The van der Waals surface area contributed by atoms with Crippen molar-refractivity contribution in [2.75, 3.05) is 18.4 Å². The Morgan fingerprint density at radius 3 is 2.59 bits per heavy atom. The van der Waals surface area contributed by atoms with Crippen molar-refractivity contribution in [3.05, 3.63) is 54.1 Å². The number of hydrogen-bond acceptors (Lipinski definition) is 4. The van der Waals surface area contributed by atoms with E-state index in [4.69, 9.17) is 4.74 Å². The Hall–Kier alpha value is -2.74. The number of urea groups is 1. The molecule has 5 nitrogen and oxygen atoms in total. The number of rotatable bonds is 3. The van der Waals surface area contributed by atoms with Crippen LogP contribution in [0.15, 0.2) is 42.5 Å². The molecule has 1 aromatic heterocycles. The Morgan fingerprint density at radius 2 is 1.85 bits per heavy atom. The van der Waals surface area contributed by atoms with E-state index in [0.29, 0.717) is 36.6 Å². The lowest BCUT2D eigenvalue weighted by Crippen LogP contribution is -2.43. The lowest BCUT2D eigenvalue weighted by molar-refractivity contribution is 0.115. The molecule has 0 saturated carbocycles. The number of carbonyl (C=O) groups excluding carboxylic acids is 1. The van der Waals surface area contributed by atoms with Crippen molar-refractivity contribution in [1.82, 2.24) is 9.88 Å². The van der Waals surface area contributed by atoms with E-state index in [0.717, 1.165) is 4.70 Å². The van der Waals surface area contributed by atoms with E-state index in [1.807, 2.05) is 0 Å². The molecule has 2 amide bonds. The second-order valence-electron chi connectivity index (χ2n) is 6.28. The maximum absolute atomic E-state index is 13.7. The summed E-state index contributed by atoms with van der Waals surface area (Å²) in [5.41, 5.74) is 0.483. The zero-order valence-electron chi connectivity index (χ0n) is 14.3. The van der Waals surface area contributed by atoms with Gasteiger partial charge in [0.2, 0.25) is 0 Å². The highest BCUT2D eigenvalue weighted by atomic mass is 32.1. The standard InChI is InChI=1S/C19H17F2N3O2S/c20-13-4-1-2-6-15(13)22-18(25)24-10-8-12(9-11-24)26-19-23-17-14(21)5-3-7-16(17)27-19/h1-7,12H,8-11H2,(H,22,25). The summed E-state index contributed by atoms with van der Waals surface area (Å²) in [5, 5.41) is 3.02. The molecule has 0 radical (unpaired) electrons. The average molecular weight is 389 g/mol. The maximum atomic E-state index is 13.7. The van der Waals surface area contributed by atoms with E-state index in [-0.39, 0.29) is 23.6 Å². The number of ether oxygens (including phenoxy) is 1. The summed E-state index contributed by atoms with van der Waals surface area (Å²) in [5.74, 6) is -0.828. The van der Waals surface area contributed by atoms with Crippen LogP contribution >= 0.6 is 11.3 Å². The first-order chi connectivity index (χ1) is 13.1. The van der Waals surface area contributed by atoms with Crippen LogP contribution < -0.4 is 10.1 Å². The summed E-state index contributed by atoms with van der Waals surface area (Å²) >= 11 is 1.31. The monoisotopic (exact) mass is 389 g/mol. The molecule has 1 fully saturated rings. The topological polar surface area (TPSA) is 54.5 Å². The molecule has 3 aromatic rings. The fraction of sp³-hybridized carbons (Fsp3) is 0.263. The molecule has 1 N–H and O–H groups in total. The van der Waals surface area contributed by atoms with E-state index >= 15 is 0 Å². The minimum Gasteiger partial charge on any atom is -0.467 e. The molecule has 1 aliphatic heterocycles. The molecule has 8 heteroatoms. The zero-order valence-corrected chi connectivity index (χ0v) is 15.1. The summed E-state index contributed by atoms with van der Waals surface area (Å²) in [6, 6.07) is 10.6. The van der Waals surface area contributed by atoms with Gasteiger partial charge in [0.05, 0.1) is 10.4 Å². The number of hydrogen-bond donors (Lipinski definition) is 1. The molecule has 0 atom stereocenters. The smallest absolute Gasteiger partial charge is 0.321 e. The van der Waals surface area contributed by atoms with E-state index in [9.17, 15) is 13.6 Å². The van der Waals surface area contributed by atoms with Gasteiger partial charge in [-0.1, -0.05) is 29.5 Å². The average Bonchev–Trinajstić information content (AvgIpc) is 3.08. The lowest BCUT2D eigenvalue weighted by Gasteiger charge is -2.31. The third-order valence-corrected chi connectivity index (χ3v) is 5.37. The number of aromatic nitrogens is 1. The molecular formula is C19H17F2N3O2S. The van der Waals surface area contributed by atoms with Crippen LogP contribution in [0.3, 0.4) is 0 Å². The largest absolute Gasteiger partial charge is 0.467 e. The van der Waals surface area contributed by atoms with Crippen molar-refractivity contribution in [2.45, 2.75) is 18.9 Å². The van der Waals surface area contributed by atoms with Crippen molar-refractivity contribution in [3.8, 4) is 5.19 Å². The van der Waals surface area contributed by atoms with E-state index < -0.39 is 5.82 Å². The van der Waals surface area contributed by atoms with Crippen LogP contribution in [-0.2, 0) is 0 Å². The van der Waals surface area contributed by atoms with Crippen molar-refractivity contribution in [1.29, 1.82) is 0 Å². The normalized spacial score (nSPS) is 15.1. The summed E-state index contributed by atoms with van der Waals surface area (Å²) in [6.45, 7) is 0.981. The van der Waals surface area contributed by atoms with E-state index in [1.54, 1.807) is 29.2 Å². The molecular weight excluding hydrogens is 372 g/mol. The second-order valence-corrected chi connectivity index (χ2v) is 7.27. The number of thiazole rings is 1. The predicted molar refractivity (Wildman–Crippen MR) is 100 cm³/mol. The first-order valence-electron chi connectivity index (χ1n) is 8.62. The number of nitrogens with zero attached hydrogens (tertiary/aromatic N) is 2. The third-order valence-electron chi connectivity index (χ3n) is 4.46. The van der Waals surface area contributed by atoms with Crippen LogP contribution in [0.2, 0.25) is 0 Å². The van der Waals surface area contributed by atoms with Gasteiger partial charge in [-0.15, -0.1) is 0 Å². The second kappa shape index (κ2) is 7.48. The van der Waals surface area contributed by atoms with E-state index in [1.165, 1.54) is 29.5 Å². The molecule has 2 heterocycles. The summed E-state index contributed by atoms with van der Waals surface area (Å²) < 4.78 is 34.0. The highest BCUT2D eigenvalue weighted by molar-refractivity contribution is 7.20. The molecule has 4 rings (SSSR count). The number of para-hydroxylation sites is 2. The van der Waals surface area contributed by atoms with Crippen LogP contribution in [0.25, 0.3) is 10.2 Å². The fourth-order valence-electron chi connectivity index (χ4n) is 3.02. The molecule has 1 saturated heterocycles. The van der Waals surface area contributed by atoms with Crippen molar-refractivity contribution < 1.29 is 18.3 Å². The number of anilines is 1. The third kappa shape index (κ3) is 3.85. The molecule has 2 aromatic carbocycles. The Balaban J connectivity index is 1.33. The van der Waals surface area contributed by atoms with Crippen LogP contribution in [0.5, 0.6) is 5.19 Å². The number of nitrogens with one attached hydrogen (secondary N) is 1. The lowest BCUT2D eigenvalue weighted by atomic mass is 10.1. The van der Waals surface area contributed by atoms with Gasteiger partial charge in [-0.3, -0.25) is 0 Å². The molecule has 0 spiro atoms. The van der Waals surface area contributed by atoms with Gasteiger partial charge in [0.15, 0.2) is 0 Å². The zero-order chi connectivity index (χ0) is 18.8. The minimum absolute atomic E-state index is 0.0915. The van der Waals surface area contributed by atoms with Gasteiger partial charge < -0.3 is 15.0 Å². The molecule has 0 unspecified atom stereocenters. The van der Waals surface area contributed by atoms with Crippen LogP contribution in [0.1, 0.15) is 12.8 Å². The van der Waals surface area contributed by atoms with E-state index in [2.05, 4.69) is 10.3 Å². The predicted octanol–water partition coefficient (Wildman–Crippen LogP) is 4.65. The van der Waals surface area contributed by atoms with Crippen molar-refractivity contribution >= 4 is 33.3 Å². The minimum atomic E-state index is -0.466.